The molecule has 31 heavy (non-hydrogen) atoms. The van der Waals surface area contributed by atoms with Gasteiger partial charge in [0.2, 0.25) is 5.91 Å². The zero-order chi connectivity index (χ0) is 22.1. The van der Waals surface area contributed by atoms with Crippen LogP contribution >= 0.6 is 11.6 Å². The molecule has 0 aliphatic carbocycles. The summed E-state index contributed by atoms with van der Waals surface area (Å²) in [4.78, 5) is 40.5. The predicted octanol–water partition coefficient (Wildman–Crippen LogP) is 3.67. The zero-order valence-corrected chi connectivity index (χ0v) is 17.9. The van der Waals surface area contributed by atoms with Gasteiger partial charge in [0, 0.05) is 10.9 Å². The Labute approximate surface area is 184 Å². The van der Waals surface area contributed by atoms with Crippen LogP contribution in [0.2, 0.25) is 0 Å². The van der Waals surface area contributed by atoms with E-state index in [2.05, 4.69) is 0 Å². The van der Waals surface area contributed by atoms with Crippen molar-refractivity contribution in [1.29, 1.82) is 0 Å². The van der Waals surface area contributed by atoms with Gasteiger partial charge in [-0.2, -0.15) is 0 Å². The molecule has 1 aliphatic heterocycles. The maximum atomic E-state index is 13.3. The van der Waals surface area contributed by atoms with Crippen LogP contribution in [-0.2, 0) is 25.6 Å². The molecular weight excluding hydrogens is 420 g/mol. The highest BCUT2D eigenvalue weighted by Crippen LogP contribution is 2.41. The number of hydrogen-bond acceptors (Lipinski definition) is 5. The average molecular weight is 441 g/mol. The van der Waals surface area contributed by atoms with Gasteiger partial charge < -0.3 is 14.0 Å². The molecule has 0 saturated carbocycles. The number of carbonyl (C=O) groups is 3. The Morgan fingerprint density at radius 3 is 2.52 bits per heavy atom. The van der Waals surface area contributed by atoms with E-state index in [1.54, 1.807) is 25.1 Å². The molecule has 160 valence electrons. The third kappa shape index (κ3) is 3.35. The molecule has 0 saturated heterocycles. The highest BCUT2D eigenvalue weighted by molar-refractivity contribution is 6.30. The molecule has 1 aromatic heterocycles. The van der Waals surface area contributed by atoms with Crippen molar-refractivity contribution in [2.24, 2.45) is 0 Å². The summed E-state index contributed by atoms with van der Waals surface area (Å²) in [5.41, 5.74) is 2.70. The first kappa shape index (κ1) is 20.9. The van der Waals surface area contributed by atoms with E-state index in [-0.39, 0.29) is 18.1 Å². The van der Waals surface area contributed by atoms with Gasteiger partial charge in [-0.25, -0.2) is 9.59 Å². The lowest BCUT2D eigenvalue weighted by Crippen LogP contribution is -2.41. The number of halogens is 1. The zero-order valence-electron chi connectivity index (χ0n) is 17.1. The topological polar surface area (TPSA) is 77.8 Å². The van der Waals surface area contributed by atoms with Gasteiger partial charge in [0.1, 0.15) is 5.88 Å². The summed E-state index contributed by atoms with van der Waals surface area (Å²) in [6.07, 6.45) is 0. The number of hydrogen-bond donors (Lipinski definition) is 0. The minimum atomic E-state index is -1.20. The minimum Gasteiger partial charge on any atom is -0.465 e. The minimum absolute atomic E-state index is 0.119. The first-order valence-corrected chi connectivity index (χ1v) is 10.4. The van der Waals surface area contributed by atoms with Gasteiger partial charge in [0.15, 0.2) is 6.04 Å². The number of anilines is 1. The van der Waals surface area contributed by atoms with E-state index in [1.165, 1.54) is 12.0 Å². The highest BCUT2D eigenvalue weighted by Gasteiger charge is 2.42. The Bertz CT molecular complexity index is 1190. The molecule has 3 aromatic rings. The number of esters is 2. The molecule has 0 bridgehead atoms. The molecule has 2 aromatic carbocycles. The average Bonchev–Trinajstić information content (AvgIpc) is 3.01. The van der Waals surface area contributed by atoms with E-state index >= 15 is 0 Å². The fourth-order valence-corrected chi connectivity index (χ4v) is 4.32. The summed E-state index contributed by atoms with van der Waals surface area (Å²) in [6, 6.07) is 13.4. The Kier molecular flexibility index (Phi) is 5.69. The van der Waals surface area contributed by atoms with E-state index in [9.17, 15) is 14.4 Å². The summed E-state index contributed by atoms with van der Waals surface area (Å²) >= 11 is 5.95. The first-order chi connectivity index (χ1) is 15.0. The SMILES string of the molecule is CCOC(=O)C1c2c(C(=O)OC)c3ccccc3n2Cc2ccccc2N1C(=O)CCl. The lowest BCUT2D eigenvalue weighted by Gasteiger charge is -2.29. The smallest absolute Gasteiger partial charge is 0.340 e. The number of aromatic nitrogens is 1. The van der Waals surface area contributed by atoms with Gasteiger partial charge in [0.05, 0.1) is 37.2 Å². The van der Waals surface area contributed by atoms with Crippen LogP contribution in [0.25, 0.3) is 10.9 Å². The van der Waals surface area contributed by atoms with Crippen LogP contribution < -0.4 is 4.90 Å². The first-order valence-electron chi connectivity index (χ1n) is 9.85. The van der Waals surface area contributed by atoms with Gasteiger partial charge in [-0.3, -0.25) is 9.69 Å². The summed E-state index contributed by atoms with van der Waals surface area (Å²) in [6.45, 7) is 2.16. The number of amides is 1. The van der Waals surface area contributed by atoms with Crippen LogP contribution in [0, 0.1) is 0 Å². The third-order valence-electron chi connectivity index (χ3n) is 5.39. The molecule has 7 nitrogen and oxygen atoms in total. The molecule has 0 fully saturated rings. The number of para-hydroxylation sites is 2. The van der Waals surface area contributed by atoms with Crippen molar-refractivity contribution in [3.8, 4) is 0 Å². The van der Waals surface area contributed by atoms with E-state index in [4.69, 9.17) is 21.1 Å². The van der Waals surface area contributed by atoms with Gasteiger partial charge >= 0.3 is 11.9 Å². The van der Waals surface area contributed by atoms with E-state index < -0.39 is 23.9 Å². The summed E-state index contributed by atoms with van der Waals surface area (Å²) in [7, 11) is 1.29. The second-order valence-corrected chi connectivity index (χ2v) is 7.30. The Hall–Kier alpha value is -3.32. The number of nitrogens with zero attached hydrogens (tertiary/aromatic N) is 2. The van der Waals surface area contributed by atoms with Crippen LogP contribution in [0.5, 0.6) is 0 Å². The second-order valence-electron chi connectivity index (χ2n) is 7.04. The number of methoxy groups -OCH3 is 1. The highest BCUT2D eigenvalue weighted by atomic mass is 35.5. The van der Waals surface area contributed by atoms with Crippen molar-refractivity contribution >= 4 is 46.0 Å². The Morgan fingerprint density at radius 2 is 1.81 bits per heavy atom. The van der Waals surface area contributed by atoms with Crippen LogP contribution in [0.4, 0.5) is 5.69 Å². The van der Waals surface area contributed by atoms with Crippen molar-refractivity contribution in [2.45, 2.75) is 19.5 Å². The number of fused-ring (bicyclic) bond motifs is 4. The molecule has 0 N–H and O–H groups in total. The van der Waals surface area contributed by atoms with Gasteiger partial charge in [-0.15, -0.1) is 11.6 Å². The summed E-state index contributed by atoms with van der Waals surface area (Å²) < 4.78 is 12.3. The lowest BCUT2D eigenvalue weighted by atomic mass is 10.0. The summed E-state index contributed by atoms with van der Waals surface area (Å²) in [5, 5.41) is 0.635. The fourth-order valence-electron chi connectivity index (χ4n) is 4.19. The normalized spacial score (nSPS) is 15.1. The number of rotatable bonds is 4. The number of carbonyl (C=O) groups excluding carboxylic acids is 3. The number of ether oxygens (including phenoxy) is 2. The van der Waals surface area contributed by atoms with Crippen molar-refractivity contribution in [2.75, 3.05) is 24.5 Å². The van der Waals surface area contributed by atoms with Crippen molar-refractivity contribution in [3.05, 3.63) is 65.4 Å². The third-order valence-corrected chi connectivity index (χ3v) is 5.62. The number of alkyl halides is 1. The van der Waals surface area contributed by atoms with Crippen LogP contribution in [-0.4, -0.2) is 42.0 Å². The van der Waals surface area contributed by atoms with Crippen LogP contribution in [0.15, 0.2) is 48.5 Å². The molecule has 0 radical (unpaired) electrons. The van der Waals surface area contributed by atoms with Gasteiger partial charge in [-0.05, 0) is 24.6 Å². The molecule has 2 heterocycles. The molecule has 1 aliphatic rings. The maximum absolute atomic E-state index is 13.3. The molecular formula is C23H21ClN2O5. The molecule has 1 amide bonds. The summed E-state index contributed by atoms with van der Waals surface area (Å²) in [5.74, 6) is -2.05. The molecule has 8 heteroatoms. The predicted molar refractivity (Wildman–Crippen MR) is 116 cm³/mol. The molecule has 0 spiro atoms. The van der Waals surface area contributed by atoms with Crippen molar-refractivity contribution < 1.29 is 23.9 Å². The largest absolute Gasteiger partial charge is 0.465 e. The van der Waals surface area contributed by atoms with Gasteiger partial charge in [0.25, 0.3) is 0 Å². The molecule has 1 atom stereocenters. The maximum Gasteiger partial charge on any atom is 0.340 e. The lowest BCUT2D eigenvalue weighted by molar-refractivity contribution is -0.146. The van der Waals surface area contributed by atoms with Crippen molar-refractivity contribution in [1.82, 2.24) is 4.57 Å². The van der Waals surface area contributed by atoms with E-state index in [0.29, 0.717) is 23.3 Å². The second kappa shape index (κ2) is 8.43. The van der Waals surface area contributed by atoms with Crippen molar-refractivity contribution in [3.63, 3.8) is 0 Å². The standard InChI is InChI=1S/C23H21ClN2O5/c1-3-31-23(29)21-20-19(22(28)30-2)15-9-5-7-11-17(15)25(20)13-14-8-4-6-10-16(14)26(21)18(27)12-24/h4-11,21H,3,12-13H2,1-2H3. The monoisotopic (exact) mass is 440 g/mol. The molecule has 4 rings (SSSR count). The number of benzene rings is 2. The quantitative estimate of drug-likeness (QED) is 0.457. The Morgan fingerprint density at radius 1 is 1.10 bits per heavy atom. The van der Waals surface area contributed by atoms with Crippen LogP contribution in [0.3, 0.4) is 0 Å². The van der Waals surface area contributed by atoms with E-state index in [1.807, 2.05) is 34.9 Å². The van der Waals surface area contributed by atoms with Crippen LogP contribution in [0.1, 0.15) is 34.6 Å². The molecule has 1 unspecified atom stereocenters. The van der Waals surface area contributed by atoms with E-state index in [0.717, 1.165) is 11.1 Å². The fraction of sp³-hybridized carbons (Fsp3) is 0.261. The Balaban J connectivity index is 2.14. The van der Waals surface area contributed by atoms with Gasteiger partial charge in [-0.1, -0.05) is 36.4 Å².